The van der Waals surface area contributed by atoms with Gasteiger partial charge in [0.05, 0.1) is 19.3 Å². The van der Waals surface area contributed by atoms with Gasteiger partial charge in [-0.2, -0.15) is 0 Å². The van der Waals surface area contributed by atoms with Gasteiger partial charge in [0.25, 0.3) is 0 Å². The highest BCUT2D eigenvalue weighted by atomic mass is 32.2. The zero-order chi connectivity index (χ0) is 15.0. The van der Waals surface area contributed by atoms with Gasteiger partial charge in [-0.25, -0.2) is 13.4 Å². The van der Waals surface area contributed by atoms with Crippen LogP contribution in [0.3, 0.4) is 0 Å². The summed E-state index contributed by atoms with van der Waals surface area (Å²) in [5.74, 6) is -0.0835. The molecule has 0 bridgehead atoms. The largest absolute Gasteiger partial charge is 0.469 e. The summed E-state index contributed by atoms with van der Waals surface area (Å²) in [6.07, 6.45) is 4.00. The van der Waals surface area contributed by atoms with E-state index in [2.05, 4.69) is 14.4 Å². The van der Waals surface area contributed by atoms with Crippen LogP contribution in [0, 0.1) is 0 Å². The van der Waals surface area contributed by atoms with Crippen LogP contribution in [0.5, 0.6) is 0 Å². The van der Waals surface area contributed by atoms with Crippen LogP contribution >= 0.6 is 0 Å². The first-order chi connectivity index (χ1) is 9.46. The zero-order valence-corrected chi connectivity index (χ0v) is 12.6. The van der Waals surface area contributed by atoms with Crippen molar-refractivity contribution in [1.82, 2.24) is 4.98 Å². The molecule has 0 amide bonds. The number of unbranched alkanes of at least 4 members (excludes halogenated alkanes) is 2. The van der Waals surface area contributed by atoms with Crippen molar-refractivity contribution in [3.05, 3.63) is 23.9 Å². The quantitative estimate of drug-likeness (QED) is 0.583. The molecule has 0 saturated carbocycles. The first-order valence-electron chi connectivity index (χ1n) is 6.49. The Morgan fingerprint density at radius 1 is 1.40 bits per heavy atom. The lowest BCUT2D eigenvalue weighted by molar-refractivity contribution is -0.139. The number of esters is 1. The number of methoxy groups -OCH3 is 1. The molecule has 1 N–H and O–H groups in total. The third-order valence-corrected chi connectivity index (χ3v) is 4.02. The second-order valence-corrected chi connectivity index (χ2v) is 6.27. The lowest BCUT2D eigenvalue weighted by Crippen LogP contribution is -2.17. The fraction of sp³-hybridized carbons (Fsp3) is 0.538. The molecule has 6 nitrogen and oxygen atoms in total. The molecule has 0 aromatic carbocycles. The monoisotopic (exact) mass is 300 g/mol. The predicted octanol–water partition coefficient (Wildman–Crippen LogP) is 1.73. The molecule has 0 unspecified atom stereocenters. The molecule has 0 aliphatic carbocycles. The molecule has 0 radical (unpaired) electrons. The molecule has 7 heteroatoms. The number of carbonyl (C=O) groups excluding carboxylic acids is 1. The number of hydrogen-bond acceptors (Lipinski definition) is 5. The Morgan fingerprint density at radius 2 is 2.15 bits per heavy atom. The van der Waals surface area contributed by atoms with Crippen molar-refractivity contribution in [1.29, 1.82) is 0 Å². The molecular weight excluding hydrogens is 280 g/mol. The molecule has 20 heavy (non-hydrogen) atoms. The van der Waals surface area contributed by atoms with E-state index < -0.39 is 10.0 Å². The molecule has 0 aliphatic heterocycles. The fourth-order valence-corrected chi connectivity index (χ4v) is 2.75. The molecule has 112 valence electrons. The van der Waals surface area contributed by atoms with E-state index in [1.807, 2.05) is 6.92 Å². The van der Waals surface area contributed by atoms with E-state index in [-0.39, 0.29) is 24.0 Å². The third-order valence-electron chi connectivity index (χ3n) is 2.68. The van der Waals surface area contributed by atoms with Crippen molar-refractivity contribution in [3.8, 4) is 0 Å². The zero-order valence-electron chi connectivity index (χ0n) is 11.8. The van der Waals surface area contributed by atoms with Gasteiger partial charge in [-0.05, 0) is 24.1 Å². The van der Waals surface area contributed by atoms with Crippen LogP contribution in [0.4, 0.5) is 5.82 Å². The summed E-state index contributed by atoms with van der Waals surface area (Å²) >= 11 is 0. The minimum absolute atomic E-state index is 0.0732. The summed E-state index contributed by atoms with van der Waals surface area (Å²) in [6.45, 7) is 2.01. The van der Waals surface area contributed by atoms with Gasteiger partial charge >= 0.3 is 5.97 Å². The smallest absolute Gasteiger partial charge is 0.309 e. The minimum Gasteiger partial charge on any atom is -0.469 e. The lowest BCUT2D eigenvalue weighted by Gasteiger charge is -2.08. The molecule has 0 fully saturated rings. The Hall–Kier alpha value is -1.63. The van der Waals surface area contributed by atoms with Gasteiger partial charge in [0.2, 0.25) is 10.0 Å². The van der Waals surface area contributed by atoms with Gasteiger partial charge < -0.3 is 4.74 Å². The summed E-state index contributed by atoms with van der Waals surface area (Å²) in [6, 6.07) is 3.18. The Balaban J connectivity index is 2.68. The van der Waals surface area contributed by atoms with Crippen molar-refractivity contribution in [3.63, 3.8) is 0 Å². The number of rotatable bonds is 8. The van der Waals surface area contributed by atoms with Crippen molar-refractivity contribution in [2.75, 3.05) is 17.6 Å². The fourth-order valence-electron chi connectivity index (χ4n) is 1.63. The molecule has 1 aromatic heterocycles. The summed E-state index contributed by atoms with van der Waals surface area (Å²) in [7, 11) is -2.08. The predicted molar refractivity (Wildman–Crippen MR) is 76.9 cm³/mol. The van der Waals surface area contributed by atoms with Crippen LogP contribution in [0.2, 0.25) is 0 Å². The number of nitrogens with zero attached hydrogens (tertiary/aromatic N) is 1. The van der Waals surface area contributed by atoms with Gasteiger partial charge in [0.15, 0.2) is 0 Å². The maximum atomic E-state index is 11.8. The first kappa shape index (κ1) is 16.4. The molecule has 0 atom stereocenters. The average Bonchev–Trinajstić information content (AvgIpc) is 2.38. The summed E-state index contributed by atoms with van der Waals surface area (Å²) < 4.78 is 30.6. The van der Waals surface area contributed by atoms with Crippen molar-refractivity contribution in [2.45, 2.75) is 32.6 Å². The summed E-state index contributed by atoms with van der Waals surface area (Å²) in [5, 5.41) is 0. The number of pyridine rings is 1. The SMILES string of the molecule is CCCCCS(=O)(=O)Nc1cc(CC(=O)OC)ccn1. The molecule has 1 heterocycles. The Morgan fingerprint density at radius 3 is 2.80 bits per heavy atom. The summed E-state index contributed by atoms with van der Waals surface area (Å²) in [5.41, 5.74) is 0.651. The number of sulfonamides is 1. The molecule has 0 aliphatic rings. The van der Waals surface area contributed by atoms with Crippen LogP contribution in [-0.2, 0) is 26.0 Å². The lowest BCUT2D eigenvalue weighted by atomic mass is 10.2. The maximum Gasteiger partial charge on any atom is 0.309 e. The highest BCUT2D eigenvalue weighted by Gasteiger charge is 2.11. The van der Waals surface area contributed by atoms with Crippen LogP contribution in [0.1, 0.15) is 31.7 Å². The van der Waals surface area contributed by atoms with Crippen molar-refractivity contribution >= 4 is 21.8 Å². The van der Waals surface area contributed by atoms with E-state index in [1.165, 1.54) is 19.4 Å². The standard InChI is InChI=1S/C13H20N2O4S/c1-3-4-5-8-20(17,18)15-12-9-11(6-7-14-12)10-13(16)19-2/h6-7,9H,3-5,8,10H2,1-2H3,(H,14,15). The number of anilines is 1. The number of hydrogen-bond donors (Lipinski definition) is 1. The van der Waals surface area contributed by atoms with Gasteiger partial charge in [-0.15, -0.1) is 0 Å². The molecule has 0 saturated heterocycles. The van der Waals surface area contributed by atoms with E-state index >= 15 is 0 Å². The number of ether oxygens (including phenoxy) is 1. The van der Waals surface area contributed by atoms with Crippen LogP contribution in [0.25, 0.3) is 0 Å². The normalized spacial score (nSPS) is 11.1. The molecular formula is C13H20N2O4S. The van der Waals surface area contributed by atoms with Crippen LogP contribution in [0.15, 0.2) is 18.3 Å². The van der Waals surface area contributed by atoms with Gasteiger partial charge in [-0.3, -0.25) is 9.52 Å². The highest BCUT2D eigenvalue weighted by Crippen LogP contribution is 2.11. The minimum atomic E-state index is -3.39. The van der Waals surface area contributed by atoms with E-state index in [1.54, 1.807) is 6.07 Å². The van der Waals surface area contributed by atoms with E-state index in [9.17, 15) is 13.2 Å². The number of aromatic nitrogens is 1. The average molecular weight is 300 g/mol. The van der Waals surface area contributed by atoms with Gasteiger partial charge in [0.1, 0.15) is 5.82 Å². The maximum absolute atomic E-state index is 11.8. The second kappa shape index (κ2) is 7.84. The third kappa shape index (κ3) is 6.01. The molecule has 1 rings (SSSR count). The molecule has 1 aromatic rings. The Labute approximate surface area is 119 Å². The van der Waals surface area contributed by atoms with Crippen molar-refractivity contribution < 1.29 is 17.9 Å². The van der Waals surface area contributed by atoms with E-state index in [0.717, 1.165) is 12.8 Å². The first-order valence-corrected chi connectivity index (χ1v) is 8.14. The van der Waals surface area contributed by atoms with E-state index in [0.29, 0.717) is 12.0 Å². The Kier molecular flexibility index (Phi) is 6.44. The van der Waals surface area contributed by atoms with Crippen LogP contribution in [-0.4, -0.2) is 32.2 Å². The Bertz CT molecular complexity index is 543. The van der Waals surface area contributed by atoms with E-state index in [4.69, 9.17) is 0 Å². The van der Waals surface area contributed by atoms with Crippen LogP contribution < -0.4 is 4.72 Å². The second-order valence-electron chi connectivity index (χ2n) is 4.43. The van der Waals surface area contributed by atoms with Crippen molar-refractivity contribution in [2.24, 2.45) is 0 Å². The number of carbonyl (C=O) groups is 1. The topological polar surface area (TPSA) is 85.4 Å². The summed E-state index contributed by atoms with van der Waals surface area (Å²) in [4.78, 5) is 15.1. The highest BCUT2D eigenvalue weighted by molar-refractivity contribution is 7.92. The van der Waals surface area contributed by atoms with Gasteiger partial charge in [-0.1, -0.05) is 19.8 Å². The molecule has 0 spiro atoms. The van der Waals surface area contributed by atoms with Gasteiger partial charge in [0, 0.05) is 6.20 Å². The number of nitrogens with one attached hydrogen (secondary N) is 1.